The zero-order valence-corrected chi connectivity index (χ0v) is 33.4. The van der Waals surface area contributed by atoms with Gasteiger partial charge in [-0.2, -0.15) is 0 Å². The highest BCUT2D eigenvalue weighted by Gasteiger charge is 2.54. The normalized spacial score (nSPS) is 22.1. The van der Waals surface area contributed by atoms with Crippen molar-refractivity contribution in [3.8, 4) is 67.7 Å². The molecular weight excluding hydrogens is 731 g/mol. The van der Waals surface area contributed by atoms with Gasteiger partial charge in [0.05, 0.1) is 5.41 Å². The van der Waals surface area contributed by atoms with Gasteiger partial charge in [-0.25, -0.2) is 15.0 Å². The van der Waals surface area contributed by atoms with Gasteiger partial charge in [-0.1, -0.05) is 152 Å². The van der Waals surface area contributed by atoms with E-state index in [1.165, 1.54) is 83.0 Å². The summed E-state index contributed by atoms with van der Waals surface area (Å²) in [7, 11) is 0. The monoisotopic (exact) mass is 773 g/mol. The average Bonchev–Trinajstić information content (AvgIpc) is 3.59. The van der Waals surface area contributed by atoms with Crippen molar-refractivity contribution >= 4 is 0 Å². The Labute approximate surface area is 351 Å². The Morgan fingerprint density at radius 1 is 0.400 bits per heavy atom. The second-order valence-corrected chi connectivity index (χ2v) is 18.1. The van der Waals surface area contributed by atoms with Crippen LogP contribution >= 0.6 is 0 Å². The molecule has 0 unspecified atom stereocenters. The molecule has 6 aliphatic rings. The lowest BCUT2D eigenvalue weighted by Gasteiger charge is -2.56. The summed E-state index contributed by atoms with van der Waals surface area (Å²) in [6.45, 7) is 0. The lowest BCUT2D eigenvalue weighted by atomic mass is 9.49. The van der Waals surface area contributed by atoms with E-state index < -0.39 is 5.41 Å². The fraction of sp³-hybridized carbons (Fsp3) is 0.196. The van der Waals surface area contributed by atoms with Crippen LogP contribution in [0.15, 0.2) is 170 Å². The number of hydrogen-bond donors (Lipinski definition) is 0. The lowest BCUT2D eigenvalue weighted by Crippen LogP contribution is -2.49. The van der Waals surface area contributed by atoms with E-state index in [0.29, 0.717) is 0 Å². The number of fused-ring (bicyclic) bond motifs is 9. The van der Waals surface area contributed by atoms with Gasteiger partial charge >= 0.3 is 0 Å². The molecule has 0 saturated heterocycles. The summed E-state index contributed by atoms with van der Waals surface area (Å²) in [6.07, 6.45) is 7.67. The van der Waals surface area contributed by atoms with Gasteiger partial charge in [0.2, 0.25) is 0 Å². The Balaban J connectivity index is 1.04. The molecule has 4 heteroatoms. The first kappa shape index (κ1) is 34.2. The van der Waals surface area contributed by atoms with Crippen molar-refractivity contribution in [3.05, 3.63) is 198 Å². The second kappa shape index (κ2) is 12.9. The van der Waals surface area contributed by atoms with E-state index in [4.69, 9.17) is 19.7 Å². The molecule has 4 bridgehead atoms. The highest BCUT2D eigenvalue weighted by Crippen LogP contribution is 2.64. The van der Waals surface area contributed by atoms with Crippen molar-refractivity contribution in [1.29, 1.82) is 0 Å². The number of hydrogen-bond acceptors (Lipinski definition) is 4. The Kier molecular flexibility index (Phi) is 7.37. The minimum atomic E-state index is -0.544. The van der Waals surface area contributed by atoms with Crippen LogP contribution in [-0.2, 0) is 10.8 Å². The van der Waals surface area contributed by atoms with Crippen molar-refractivity contribution in [2.24, 2.45) is 17.8 Å². The summed E-state index contributed by atoms with van der Waals surface area (Å²) in [6, 6.07) is 61.3. The molecule has 0 N–H and O–H groups in total. The maximum absolute atomic E-state index is 6.64. The quantitative estimate of drug-likeness (QED) is 0.175. The molecule has 7 aromatic carbocycles. The molecule has 8 aromatic rings. The maximum atomic E-state index is 6.64. The summed E-state index contributed by atoms with van der Waals surface area (Å²) in [5.74, 6) is 6.63. The van der Waals surface area contributed by atoms with Gasteiger partial charge in [0, 0.05) is 27.7 Å². The van der Waals surface area contributed by atoms with Crippen molar-refractivity contribution in [2.45, 2.75) is 49.4 Å². The number of rotatable bonds is 5. The number of nitrogens with zero attached hydrogens (tertiary/aromatic N) is 3. The molecule has 2 heterocycles. The van der Waals surface area contributed by atoms with Gasteiger partial charge in [-0.05, 0) is 119 Å². The predicted molar refractivity (Wildman–Crippen MR) is 239 cm³/mol. The maximum Gasteiger partial charge on any atom is 0.164 e. The molecule has 4 saturated carbocycles. The van der Waals surface area contributed by atoms with Crippen molar-refractivity contribution in [2.75, 3.05) is 0 Å². The lowest BCUT2D eigenvalue weighted by molar-refractivity contribution is -0.00938. The fourth-order valence-corrected chi connectivity index (χ4v) is 12.8. The first-order valence-corrected chi connectivity index (χ1v) is 21.8. The van der Waals surface area contributed by atoms with Crippen LogP contribution in [0.2, 0.25) is 0 Å². The molecular formula is C56H43N3O. The summed E-state index contributed by atoms with van der Waals surface area (Å²) < 4.78 is 6.64. The van der Waals surface area contributed by atoms with Gasteiger partial charge in [-0.15, -0.1) is 0 Å². The highest BCUT2D eigenvalue weighted by atomic mass is 16.5. The highest BCUT2D eigenvalue weighted by molar-refractivity contribution is 5.99. The molecule has 0 atom stereocenters. The average molecular weight is 774 g/mol. The van der Waals surface area contributed by atoms with Gasteiger partial charge in [-0.3, -0.25) is 0 Å². The first-order chi connectivity index (χ1) is 29.6. The van der Waals surface area contributed by atoms with Crippen LogP contribution in [0.25, 0.3) is 56.2 Å². The van der Waals surface area contributed by atoms with Crippen LogP contribution in [0.4, 0.5) is 0 Å². The van der Waals surface area contributed by atoms with Crippen LogP contribution in [0.3, 0.4) is 0 Å². The minimum Gasteiger partial charge on any atom is -0.457 e. The third-order valence-electron chi connectivity index (χ3n) is 14.7. The van der Waals surface area contributed by atoms with Crippen molar-refractivity contribution in [1.82, 2.24) is 15.0 Å². The van der Waals surface area contributed by atoms with E-state index in [2.05, 4.69) is 170 Å². The zero-order valence-electron chi connectivity index (χ0n) is 33.4. The van der Waals surface area contributed by atoms with E-state index in [9.17, 15) is 0 Å². The summed E-state index contributed by atoms with van der Waals surface area (Å²) in [4.78, 5) is 16.6. The Morgan fingerprint density at radius 2 is 0.917 bits per heavy atom. The Bertz CT molecular complexity index is 2940. The molecule has 1 spiro atoms. The molecule has 0 amide bonds. The number of para-hydroxylation sites is 2. The number of aromatic nitrogens is 3. The topological polar surface area (TPSA) is 47.9 Å². The smallest absolute Gasteiger partial charge is 0.164 e. The molecule has 4 nitrogen and oxygen atoms in total. The van der Waals surface area contributed by atoms with Gasteiger partial charge in [0.25, 0.3) is 0 Å². The standard InChI is InChI=1S/C56H43N3O/c1-2-14-38(15-3-1)39-16-12-17-40(31-39)52-57-53(59-54(58-52)55-32-35-28-36(33-55)30-37(29-35)34-55)43-19-5-4-18-41(43)42-21-13-25-48-51(42)44-20-6-7-22-45(44)56(48)46-23-8-10-26-49(46)60-50-27-11-9-24-47(50)56/h1-27,31,35-37H,28-30,32-34H2/t35-,36-,37?,55?/m1/s1. The molecule has 5 aliphatic carbocycles. The molecule has 288 valence electrons. The van der Waals surface area contributed by atoms with Gasteiger partial charge in [0.15, 0.2) is 11.6 Å². The van der Waals surface area contributed by atoms with Crippen LogP contribution in [0.1, 0.15) is 66.6 Å². The van der Waals surface area contributed by atoms with Crippen LogP contribution in [0.5, 0.6) is 11.5 Å². The van der Waals surface area contributed by atoms with Gasteiger partial charge in [0.1, 0.15) is 17.3 Å². The predicted octanol–water partition coefficient (Wildman–Crippen LogP) is 13.5. The third-order valence-corrected chi connectivity index (χ3v) is 14.7. The number of benzene rings is 7. The molecule has 1 aliphatic heterocycles. The van der Waals surface area contributed by atoms with Crippen LogP contribution < -0.4 is 4.74 Å². The van der Waals surface area contributed by atoms with E-state index in [-0.39, 0.29) is 5.41 Å². The SMILES string of the molecule is c1ccc(-c2cccc(-c3nc(-c4ccccc4-c4cccc5c4-c4ccccc4C54c5ccccc5Oc5ccccc54)nc(C45CC6C[C@H](C4)C[C@H](C6)C5)n3)c2)cc1. The van der Waals surface area contributed by atoms with E-state index in [0.717, 1.165) is 69.0 Å². The van der Waals surface area contributed by atoms with E-state index >= 15 is 0 Å². The van der Waals surface area contributed by atoms with Crippen molar-refractivity contribution in [3.63, 3.8) is 0 Å². The molecule has 14 rings (SSSR count). The summed E-state index contributed by atoms with van der Waals surface area (Å²) in [5, 5.41) is 0. The minimum absolute atomic E-state index is 0.00365. The summed E-state index contributed by atoms with van der Waals surface area (Å²) in [5.41, 5.74) is 13.5. The zero-order chi connectivity index (χ0) is 39.4. The molecule has 4 fully saturated rings. The summed E-state index contributed by atoms with van der Waals surface area (Å²) >= 11 is 0. The van der Waals surface area contributed by atoms with E-state index in [1.54, 1.807) is 0 Å². The van der Waals surface area contributed by atoms with E-state index in [1.807, 2.05) is 0 Å². The fourth-order valence-electron chi connectivity index (χ4n) is 12.8. The largest absolute Gasteiger partial charge is 0.457 e. The Morgan fingerprint density at radius 3 is 1.63 bits per heavy atom. The third kappa shape index (κ3) is 4.94. The van der Waals surface area contributed by atoms with Crippen LogP contribution in [-0.4, -0.2) is 15.0 Å². The number of ether oxygens (including phenoxy) is 1. The van der Waals surface area contributed by atoms with Crippen LogP contribution in [0, 0.1) is 17.8 Å². The molecule has 0 radical (unpaired) electrons. The van der Waals surface area contributed by atoms with Gasteiger partial charge < -0.3 is 4.74 Å². The first-order valence-electron chi connectivity index (χ1n) is 21.8. The molecule has 60 heavy (non-hydrogen) atoms. The Hall–Kier alpha value is -6.65. The molecule has 1 aromatic heterocycles. The second-order valence-electron chi connectivity index (χ2n) is 18.1. The van der Waals surface area contributed by atoms with Crippen molar-refractivity contribution < 1.29 is 4.74 Å².